The van der Waals surface area contributed by atoms with Crippen molar-refractivity contribution in [2.24, 2.45) is 0 Å². The number of hydrogen-bond acceptors (Lipinski definition) is 4. The molecular weight excluding hydrogens is 332 g/mol. The van der Waals surface area contributed by atoms with Crippen molar-refractivity contribution in [1.82, 2.24) is 5.32 Å². The lowest BCUT2D eigenvalue weighted by Crippen LogP contribution is -2.30. The molecule has 0 unspecified atom stereocenters. The van der Waals surface area contributed by atoms with E-state index in [4.69, 9.17) is 9.47 Å². The predicted octanol–water partition coefficient (Wildman–Crippen LogP) is 3.62. The molecule has 0 aromatic heterocycles. The van der Waals surface area contributed by atoms with Crippen molar-refractivity contribution in [3.05, 3.63) is 59.7 Å². The van der Waals surface area contributed by atoms with Gasteiger partial charge in [-0.2, -0.15) is 0 Å². The Balaban J connectivity index is 2.02. The molecule has 2 amide bonds. The van der Waals surface area contributed by atoms with Crippen LogP contribution >= 0.6 is 0 Å². The molecular formula is C20H24N2O4. The van der Waals surface area contributed by atoms with Gasteiger partial charge in [0.25, 0.3) is 0 Å². The SMILES string of the molecule is COC(=O)c1ccc(OC(C)C)c(NC(=O)NCCc2ccccc2)c1. The van der Waals surface area contributed by atoms with Crippen molar-refractivity contribution < 1.29 is 19.1 Å². The summed E-state index contributed by atoms with van der Waals surface area (Å²) in [5.74, 6) is 0.0134. The number of urea groups is 1. The van der Waals surface area contributed by atoms with E-state index in [2.05, 4.69) is 10.6 Å². The standard InChI is InChI=1S/C20H24N2O4/c1-14(2)26-18-10-9-16(19(23)25-3)13-17(18)22-20(24)21-12-11-15-7-5-4-6-8-15/h4-10,13-14H,11-12H2,1-3H3,(H2,21,22,24). The Bertz CT molecular complexity index is 745. The Morgan fingerprint density at radius 1 is 1.08 bits per heavy atom. The number of benzene rings is 2. The van der Waals surface area contributed by atoms with Crippen LogP contribution in [0.2, 0.25) is 0 Å². The maximum atomic E-state index is 12.2. The number of anilines is 1. The van der Waals surface area contributed by atoms with Gasteiger partial charge in [0, 0.05) is 6.54 Å². The van der Waals surface area contributed by atoms with E-state index in [0.29, 0.717) is 23.5 Å². The molecule has 0 bridgehead atoms. The van der Waals surface area contributed by atoms with E-state index in [0.717, 1.165) is 12.0 Å². The number of rotatable bonds is 7. The fourth-order valence-electron chi connectivity index (χ4n) is 2.36. The van der Waals surface area contributed by atoms with Gasteiger partial charge < -0.3 is 20.1 Å². The summed E-state index contributed by atoms with van der Waals surface area (Å²) < 4.78 is 10.4. The molecule has 2 aromatic rings. The molecule has 0 aliphatic rings. The van der Waals surface area contributed by atoms with Crippen molar-refractivity contribution in [3.63, 3.8) is 0 Å². The minimum Gasteiger partial charge on any atom is -0.489 e. The van der Waals surface area contributed by atoms with E-state index in [1.165, 1.54) is 7.11 Å². The maximum absolute atomic E-state index is 12.2. The van der Waals surface area contributed by atoms with Crippen LogP contribution in [0.4, 0.5) is 10.5 Å². The van der Waals surface area contributed by atoms with Crippen molar-refractivity contribution in [2.45, 2.75) is 26.4 Å². The lowest BCUT2D eigenvalue weighted by atomic mass is 10.1. The summed E-state index contributed by atoms with van der Waals surface area (Å²) in [5.41, 5.74) is 1.89. The molecule has 0 heterocycles. The first-order valence-electron chi connectivity index (χ1n) is 8.47. The molecule has 0 saturated heterocycles. The summed E-state index contributed by atoms with van der Waals surface area (Å²) in [7, 11) is 1.31. The number of hydrogen-bond donors (Lipinski definition) is 2. The second-order valence-corrected chi connectivity index (χ2v) is 5.99. The third kappa shape index (κ3) is 5.81. The number of ether oxygens (including phenoxy) is 2. The molecule has 0 atom stereocenters. The van der Waals surface area contributed by atoms with Gasteiger partial charge in [0.1, 0.15) is 5.75 Å². The van der Waals surface area contributed by atoms with Crippen LogP contribution < -0.4 is 15.4 Å². The normalized spacial score (nSPS) is 10.3. The highest BCUT2D eigenvalue weighted by Gasteiger charge is 2.14. The quantitative estimate of drug-likeness (QED) is 0.743. The number of esters is 1. The van der Waals surface area contributed by atoms with Gasteiger partial charge in [-0.1, -0.05) is 30.3 Å². The summed E-state index contributed by atoms with van der Waals surface area (Å²) in [6, 6.07) is 14.3. The minimum atomic E-state index is -0.478. The van der Waals surface area contributed by atoms with Gasteiger partial charge in [-0.15, -0.1) is 0 Å². The molecule has 0 radical (unpaired) electrons. The van der Waals surface area contributed by atoms with Crippen molar-refractivity contribution in [2.75, 3.05) is 19.0 Å². The Kier molecular flexibility index (Phi) is 7.02. The van der Waals surface area contributed by atoms with E-state index in [9.17, 15) is 9.59 Å². The summed E-state index contributed by atoms with van der Waals surface area (Å²) >= 11 is 0. The zero-order valence-electron chi connectivity index (χ0n) is 15.2. The highest BCUT2D eigenvalue weighted by atomic mass is 16.5. The zero-order chi connectivity index (χ0) is 18.9. The topological polar surface area (TPSA) is 76.7 Å². The van der Waals surface area contributed by atoms with E-state index < -0.39 is 5.97 Å². The van der Waals surface area contributed by atoms with Crippen LogP contribution in [0.25, 0.3) is 0 Å². The molecule has 2 aromatic carbocycles. The van der Waals surface area contributed by atoms with Gasteiger partial charge in [-0.05, 0) is 44.0 Å². The molecule has 2 N–H and O–H groups in total. The van der Waals surface area contributed by atoms with Crippen LogP contribution in [0.15, 0.2) is 48.5 Å². The second kappa shape index (κ2) is 9.46. The maximum Gasteiger partial charge on any atom is 0.337 e. The number of methoxy groups -OCH3 is 1. The number of carbonyl (C=O) groups is 2. The molecule has 0 fully saturated rings. The highest BCUT2D eigenvalue weighted by Crippen LogP contribution is 2.27. The Morgan fingerprint density at radius 2 is 1.81 bits per heavy atom. The lowest BCUT2D eigenvalue weighted by molar-refractivity contribution is 0.0600. The third-order valence-electron chi connectivity index (χ3n) is 3.55. The third-order valence-corrected chi connectivity index (χ3v) is 3.55. The van der Waals surface area contributed by atoms with Crippen molar-refractivity contribution in [3.8, 4) is 5.75 Å². The average molecular weight is 356 g/mol. The fraction of sp³-hybridized carbons (Fsp3) is 0.300. The molecule has 2 rings (SSSR count). The van der Waals surface area contributed by atoms with Crippen molar-refractivity contribution in [1.29, 1.82) is 0 Å². The van der Waals surface area contributed by atoms with Crippen molar-refractivity contribution >= 4 is 17.7 Å². The lowest BCUT2D eigenvalue weighted by Gasteiger charge is -2.16. The Hall–Kier alpha value is -3.02. The first-order valence-corrected chi connectivity index (χ1v) is 8.47. The monoisotopic (exact) mass is 356 g/mol. The predicted molar refractivity (Wildman–Crippen MR) is 101 cm³/mol. The number of carbonyl (C=O) groups excluding carboxylic acids is 2. The first-order chi connectivity index (χ1) is 12.5. The summed E-state index contributed by atoms with van der Waals surface area (Å²) in [6.07, 6.45) is 0.659. The molecule has 0 spiro atoms. The van der Waals surface area contributed by atoms with Crippen LogP contribution in [0.5, 0.6) is 5.75 Å². The fourth-order valence-corrected chi connectivity index (χ4v) is 2.36. The average Bonchev–Trinajstić information content (AvgIpc) is 2.63. The van der Waals surface area contributed by atoms with Crippen LogP contribution in [0.3, 0.4) is 0 Å². The summed E-state index contributed by atoms with van der Waals surface area (Å²) in [5, 5.41) is 5.54. The van der Waals surface area contributed by atoms with E-state index in [1.807, 2.05) is 44.2 Å². The zero-order valence-corrected chi connectivity index (χ0v) is 15.2. The van der Waals surface area contributed by atoms with Crippen LogP contribution in [0.1, 0.15) is 29.8 Å². The smallest absolute Gasteiger partial charge is 0.337 e. The van der Waals surface area contributed by atoms with E-state index in [1.54, 1.807) is 18.2 Å². The molecule has 0 saturated carbocycles. The Morgan fingerprint density at radius 3 is 2.46 bits per heavy atom. The van der Waals surface area contributed by atoms with Gasteiger partial charge >= 0.3 is 12.0 Å². The van der Waals surface area contributed by atoms with Gasteiger partial charge in [0.05, 0.1) is 24.5 Å². The van der Waals surface area contributed by atoms with E-state index >= 15 is 0 Å². The van der Waals surface area contributed by atoms with Crippen LogP contribution in [0, 0.1) is 0 Å². The minimum absolute atomic E-state index is 0.0688. The molecule has 6 heteroatoms. The molecule has 0 aliphatic carbocycles. The van der Waals surface area contributed by atoms with Crippen LogP contribution in [-0.4, -0.2) is 31.8 Å². The van der Waals surface area contributed by atoms with Gasteiger partial charge in [0.15, 0.2) is 0 Å². The van der Waals surface area contributed by atoms with Gasteiger partial charge in [-0.25, -0.2) is 9.59 Å². The van der Waals surface area contributed by atoms with Gasteiger partial charge in [0.2, 0.25) is 0 Å². The molecule has 6 nitrogen and oxygen atoms in total. The molecule has 0 aliphatic heterocycles. The summed E-state index contributed by atoms with van der Waals surface area (Å²) in [6.45, 7) is 4.27. The first kappa shape index (κ1) is 19.3. The van der Waals surface area contributed by atoms with Gasteiger partial charge in [-0.3, -0.25) is 0 Å². The largest absolute Gasteiger partial charge is 0.489 e. The molecule has 138 valence electrons. The number of amides is 2. The van der Waals surface area contributed by atoms with Crippen LogP contribution in [-0.2, 0) is 11.2 Å². The number of nitrogens with one attached hydrogen (secondary N) is 2. The summed E-state index contributed by atoms with van der Waals surface area (Å²) in [4.78, 5) is 23.9. The highest BCUT2D eigenvalue weighted by molar-refractivity contribution is 5.95. The Labute approximate surface area is 153 Å². The second-order valence-electron chi connectivity index (χ2n) is 5.99. The molecule has 26 heavy (non-hydrogen) atoms. The van der Waals surface area contributed by atoms with E-state index in [-0.39, 0.29) is 12.1 Å².